The first-order valence-corrected chi connectivity index (χ1v) is 6.78. The van der Waals surface area contributed by atoms with E-state index in [2.05, 4.69) is 4.74 Å². The van der Waals surface area contributed by atoms with Gasteiger partial charge in [0.1, 0.15) is 18.4 Å². The standard InChI is InChI=1S/C17H19NO3/c1-20-17(19)15(18)11-14-9-5-6-10-16(14)21-12-13-7-3-2-4-8-13/h2-10,15H,11-12,18H2,1H3. The molecule has 2 rings (SSSR count). The Morgan fingerprint density at radius 1 is 1.10 bits per heavy atom. The Hall–Kier alpha value is -2.33. The molecule has 0 amide bonds. The summed E-state index contributed by atoms with van der Waals surface area (Å²) in [6, 6.07) is 16.8. The molecule has 4 heteroatoms. The highest BCUT2D eigenvalue weighted by Gasteiger charge is 2.16. The van der Waals surface area contributed by atoms with Gasteiger partial charge in [-0.15, -0.1) is 0 Å². The molecule has 0 aromatic heterocycles. The van der Waals surface area contributed by atoms with Gasteiger partial charge in [0.15, 0.2) is 0 Å². The van der Waals surface area contributed by atoms with E-state index in [0.717, 1.165) is 16.9 Å². The molecule has 2 N–H and O–H groups in total. The minimum Gasteiger partial charge on any atom is -0.489 e. The third-order valence-corrected chi connectivity index (χ3v) is 3.15. The number of rotatable bonds is 6. The van der Waals surface area contributed by atoms with Gasteiger partial charge < -0.3 is 15.2 Å². The van der Waals surface area contributed by atoms with Gasteiger partial charge in [0.05, 0.1) is 7.11 Å². The zero-order valence-corrected chi connectivity index (χ0v) is 12.0. The molecule has 0 bridgehead atoms. The van der Waals surface area contributed by atoms with Crippen molar-refractivity contribution in [3.63, 3.8) is 0 Å². The predicted molar refractivity (Wildman–Crippen MR) is 80.9 cm³/mol. The summed E-state index contributed by atoms with van der Waals surface area (Å²) in [5.74, 6) is 0.313. The maximum absolute atomic E-state index is 11.4. The first-order chi connectivity index (χ1) is 10.2. The highest BCUT2D eigenvalue weighted by atomic mass is 16.5. The van der Waals surface area contributed by atoms with Crippen molar-refractivity contribution in [3.8, 4) is 5.75 Å². The van der Waals surface area contributed by atoms with Crippen LogP contribution in [0.15, 0.2) is 54.6 Å². The highest BCUT2D eigenvalue weighted by Crippen LogP contribution is 2.20. The van der Waals surface area contributed by atoms with Crippen molar-refractivity contribution in [1.29, 1.82) is 0 Å². The average molecular weight is 285 g/mol. The maximum atomic E-state index is 11.4. The van der Waals surface area contributed by atoms with Gasteiger partial charge in [0.25, 0.3) is 0 Å². The summed E-state index contributed by atoms with van der Waals surface area (Å²) in [6.45, 7) is 0.477. The van der Waals surface area contributed by atoms with E-state index in [1.807, 2.05) is 54.6 Å². The number of esters is 1. The second kappa shape index (κ2) is 7.45. The Balaban J connectivity index is 2.04. The largest absolute Gasteiger partial charge is 0.489 e. The van der Waals surface area contributed by atoms with Crippen molar-refractivity contribution >= 4 is 5.97 Å². The molecule has 0 aliphatic carbocycles. The van der Waals surface area contributed by atoms with Crippen molar-refractivity contribution < 1.29 is 14.3 Å². The van der Waals surface area contributed by atoms with Gasteiger partial charge in [-0.1, -0.05) is 48.5 Å². The lowest BCUT2D eigenvalue weighted by atomic mass is 10.1. The summed E-state index contributed by atoms with van der Waals surface area (Å²) in [7, 11) is 1.33. The fraction of sp³-hybridized carbons (Fsp3) is 0.235. The van der Waals surface area contributed by atoms with Crippen molar-refractivity contribution in [3.05, 3.63) is 65.7 Å². The van der Waals surface area contributed by atoms with Crippen LogP contribution in [0, 0.1) is 0 Å². The summed E-state index contributed by atoms with van der Waals surface area (Å²) in [4.78, 5) is 11.4. The number of carbonyl (C=O) groups is 1. The molecule has 2 aromatic carbocycles. The highest BCUT2D eigenvalue weighted by molar-refractivity contribution is 5.75. The molecule has 21 heavy (non-hydrogen) atoms. The topological polar surface area (TPSA) is 61.5 Å². The maximum Gasteiger partial charge on any atom is 0.322 e. The van der Waals surface area contributed by atoms with Crippen LogP contribution in [0.25, 0.3) is 0 Å². The van der Waals surface area contributed by atoms with Crippen LogP contribution in [0.3, 0.4) is 0 Å². The molecule has 0 spiro atoms. The second-order valence-corrected chi connectivity index (χ2v) is 4.72. The number of nitrogens with two attached hydrogens (primary N) is 1. The number of methoxy groups -OCH3 is 1. The number of ether oxygens (including phenoxy) is 2. The zero-order valence-electron chi connectivity index (χ0n) is 12.0. The number of carbonyl (C=O) groups excluding carboxylic acids is 1. The van der Waals surface area contributed by atoms with Crippen LogP contribution in [-0.2, 0) is 22.6 Å². The molecule has 0 aliphatic heterocycles. The SMILES string of the molecule is COC(=O)C(N)Cc1ccccc1OCc1ccccc1. The van der Waals surface area contributed by atoms with E-state index in [0.29, 0.717) is 13.0 Å². The number of hydrogen-bond acceptors (Lipinski definition) is 4. The fourth-order valence-electron chi connectivity index (χ4n) is 2.02. The smallest absolute Gasteiger partial charge is 0.322 e. The van der Waals surface area contributed by atoms with Crippen LogP contribution in [0.1, 0.15) is 11.1 Å². The summed E-state index contributed by atoms with van der Waals surface area (Å²) in [6.07, 6.45) is 0.387. The fourth-order valence-corrected chi connectivity index (χ4v) is 2.02. The van der Waals surface area contributed by atoms with Crippen LogP contribution in [0.2, 0.25) is 0 Å². The molecule has 0 aliphatic rings. The molecular weight excluding hydrogens is 266 g/mol. The van der Waals surface area contributed by atoms with E-state index in [9.17, 15) is 4.79 Å². The Morgan fingerprint density at radius 3 is 2.48 bits per heavy atom. The van der Waals surface area contributed by atoms with Crippen molar-refractivity contribution in [2.45, 2.75) is 19.1 Å². The van der Waals surface area contributed by atoms with E-state index < -0.39 is 12.0 Å². The lowest BCUT2D eigenvalue weighted by Crippen LogP contribution is -2.33. The van der Waals surface area contributed by atoms with Crippen LogP contribution < -0.4 is 10.5 Å². The number of benzene rings is 2. The van der Waals surface area contributed by atoms with Crippen LogP contribution in [-0.4, -0.2) is 19.1 Å². The van der Waals surface area contributed by atoms with Gasteiger partial charge in [0, 0.05) is 6.42 Å². The number of para-hydroxylation sites is 1. The molecule has 0 saturated heterocycles. The monoisotopic (exact) mass is 285 g/mol. The number of hydrogen-bond donors (Lipinski definition) is 1. The quantitative estimate of drug-likeness (QED) is 0.827. The van der Waals surface area contributed by atoms with Crippen LogP contribution in [0.4, 0.5) is 0 Å². The third kappa shape index (κ3) is 4.33. The summed E-state index contributed by atoms with van der Waals surface area (Å²) in [5, 5.41) is 0. The van der Waals surface area contributed by atoms with Gasteiger partial charge in [-0.05, 0) is 17.2 Å². The molecule has 110 valence electrons. The molecular formula is C17H19NO3. The van der Waals surface area contributed by atoms with Gasteiger partial charge in [-0.2, -0.15) is 0 Å². The molecule has 0 heterocycles. The van der Waals surface area contributed by atoms with Gasteiger partial charge >= 0.3 is 5.97 Å². The first-order valence-electron chi connectivity index (χ1n) is 6.78. The Labute approximate surface area is 124 Å². The Bertz CT molecular complexity index is 584. The molecule has 0 fully saturated rings. The third-order valence-electron chi connectivity index (χ3n) is 3.15. The van der Waals surface area contributed by atoms with Gasteiger partial charge in [0.2, 0.25) is 0 Å². The van der Waals surface area contributed by atoms with E-state index in [1.54, 1.807) is 0 Å². The Kier molecular flexibility index (Phi) is 5.35. The van der Waals surface area contributed by atoms with Gasteiger partial charge in [-0.25, -0.2) is 0 Å². The minimum absolute atomic E-state index is 0.387. The van der Waals surface area contributed by atoms with E-state index >= 15 is 0 Å². The van der Waals surface area contributed by atoms with E-state index in [1.165, 1.54) is 7.11 Å². The minimum atomic E-state index is -0.684. The van der Waals surface area contributed by atoms with Crippen molar-refractivity contribution in [1.82, 2.24) is 0 Å². The van der Waals surface area contributed by atoms with Gasteiger partial charge in [-0.3, -0.25) is 4.79 Å². The molecule has 0 saturated carbocycles. The van der Waals surface area contributed by atoms with Crippen LogP contribution in [0.5, 0.6) is 5.75 Å². The summed E-state index contributed by atoms with van der Waals surface area (Å²) < 4.78 is 10.5. The molecule has 0 radical (unpaired) electrons. The zero-order chi connectivity index (χ0) is 15.1. The molecule has 4 nitrogen and oxygen atoms in total. The van der Waals surface area contributed by atoms with Crippen molar-refractivity contribution in [2.75, 3.05) is 7.11 Å². The second-order valence-electron chi connectivity index (χ2n) is 4.72. The average Bonchev–Trinajstić information content (AvgIpc) is 2.54. The van der Waals surface area contributed by atoms with E-state index in [-0.39, 0.29) is 0 Å². The molecule has 1 atom stereocenters. The lowest BCUT2D eigenvalue weighted by Gasteiger charge is -2.14. The van der Waals surface area contributed by atoms with E-state index in [4.69, 9.17) is 10.5 Å². The predicted octanol–water partition coefficient (Wildman–Crippen LogP) is 2.31. The lowest BCUT2D eigenvalue weighted by molar-refractivity contribution is -0.142. The van der Waals surface area contributed by atoms with Crippen LogP contribution >= 0.6 is 0 Å². The summed E-state index contributed by atoms with van der Waals surface area (Å²) >= 11 is 0. The Morgan fingerprint density at radius 2 is 1.76 bits per heavy atom. The van der Waals surface area contributed by atoms with Crippen molar-refractivity contribution in [2.24, 2.45) is 5.73 Å². The molecule has 1 unspecified atom stereocenters. The first kappa shape index (κ1) is 15.1. The summed E-state index contributed by atoms with van der Waals surface area (Å²) in [5.41, 5.74) is 7.79. The molecule has 2 aromatic rings. The normalized spacial score (nSPS) is 11.7.